The number of ketones is 1. The van der Waals surface area contributed by atoms with Gasteiger partial charge < -0.3 is 9.30 Å². The van der Waals surface area contributed by atoms with Crippen LogP contribution in [0.1, 0.15) is 17.3 Å². The van der Waals surface area contributed by atoms with Gasteiger partial charge in [0, 0.05) is 26.2 Å². The Morgan fingerprint density at radius 1 is 1.15 bits per heavy atom. The summed E-state index contributed by atoms with van der Waals surface area (Å²) in [5.74, 6) is 0.789. The van der Waals surface area contributed by atoms with E-state index in [0.29, 0.717) is 27.6 Å². The monoisotopic (exact) mass is 388 g/mol. The fourth-order valence-corrected chi connectivity index (χ4v) is 3.68. The second kappa shape index (κ2) is 7.43. The Morgan fingerprint density at radius 2 is 1.81 bits per heavy atom. The average molecular weight is 388 g/mol. The topological polar surface area (TPSA) is 88.1 Å². The van der Waals surface area contributed by atoms with Crippen molar-refractivity contribution in [2.45, 2.75) is 18.6 Å². The molecule has 0 bridgehead atoms. The molecule has 2 aromatic heterocycles. The van der Waals surface area contributed by atoms with Crippen LogP contribution < -0.4 is 16.0 Å². The summed E-state index contributed by atoms with van der Waals surface area (Å²) in [5.41, 5.74) is 0.454. The highest BCUT2D eigenvalue weighted by atomic mass is 32.2. The summed E-state index contributed by atoms with van der Waals surface area (Å²) in [6.45, 7) is 2.03. The third kappa shape index (κ3) is 3.30. The lowest BCUT2D eigenvalue weighted by Crippen LogP contribution is -2.39. The molecule has 0 saturated heterocycles. The van der Waals surface area contributed by atoms with Crippen LogP contribution in [-0.4, -0.2) is 37.3 Å². The Hall–Kier alpha value is -2.81. The van der Waals surface area contributed by atoms with Gasteiger partial charge in [-0.05, 0) is 31.2 Å². The Kier molecular flexibility index (Phi) is 5.22. The number of benzene rings is 1. The van der Waals surface area contributed by atoms with Crippen LogP contribution in [0, 0.1) is 0 Å². The van der Waals surface area contributed by atoms with Crippen LogP contribution in [0.4, 0.5) is 0 Å². The molecule has 0 fully saturated rings. The molecule has 1 aromatic carbocycles. The zero-order valence-electron chi connectivity index (χ0n) is 15.6. The molecule has 0 N–H and O–H groups in total. The first-order valence-electron chi connectivity index (χ1n) is 8.35. The highest BCUT2D eigenvalue weighted by molar-refractivity contribution is 7.99. The molecule has 142 valence electrons. The van der Waals surface area contributed by atoms with Crippen molar-refractivity contribution in [1.82, 2.24) is 18.7 Å². The molecule has 0 amide bonds. The van der Waals surface area contributed by atoms with Gasteiger partial charge in [-0.1, -0.05) is 11.8 Å². The number of nitrogens with zero attached hydrogens (tertiary/aromatic N) is 4. The summed E-state index contributed by atoms with van der Waals surface area (Å²) in [6, 6.07) is 6.88. The van der Waals surface area contributed by atoms with Crippen LogP contribution in [0.3, 0.4) is 0 Å². The zero-order chi connectivity index (χ0) is 19.7. The third-order valence-corrected chi connectivity index (χ3v) is 5.41. The number of carbonyl (C=O) groups is 1. The first-order chi connectivity index (χ1) is 12.9. The molecule has 0 radical (unpaired) electrons. The van der Waals surface area contributed by atoms with Gasteiger partial charge in [0.2, 0.25) is 0 Å². The van der Waals surface area contributed by atoms with Crippen molar-refractivity contribution in [1.29, 1.82) is 0 Å². The van der Waals surface area contributed by atoms with Crippen LogP contribution in [-0.2, 0) is 20.6 Å². The van der Waals surface area contributed by atoms with Crippen molar-refractivity contribution in [3.05, 3.63) is 50.7 Å². The van der Waals surface area contributed by atoms with Crippen LogP contribution in [0.25, 0.3) is 11.2 Å². The quantitative estimate of drug-likeness (QED) is 0.469. The van der Waals surface area contributed by atoms with E-state index in [9.17, 15) is 14.4 Å². The van der Waals surface area contributed by atoms with Gasteiger partial charge in [0.25, 0.3) is 5.56 Å². The maximum absolute atomic E-state index is 12.6. The third-order valence-electron chi connectivity index (χ3n) is 4.38. The molecule has 0 aliphatic rings. The summed E-state index contributed by atoms with van der Waals surface area (Å²) in [5, 5.41) is 0.507. The number of fused-ring (bicyclic) bond motifs is 1. The predicted molar refractivity (Wildman–Crippen MR) is 104 cm³/mol. The summed E-state index contributed by atoms with van der Waals surface area (Å²) in [6.07, 6.45) is 0. The lowest BCUT2D eigenvalue weighted by atomic mass is 10.1. The second-order valence-electron chi connectivity index (χ2n) is 5.96. The minimum absolute atomic E-state index is 0.0606. The first kappa shape index (κ1) is 19.0. The molecule has 27 heavy (non-hydrogen) atoms. The second-order valence-corrected chi connectivity index (χ2v) is 6.90. The molecule has 0 spiro atoms. The Balaban J connectivity index is 1.91. The van der Waals surface area contributed by atoms with Crippen molar-refractivity contribution in [2.24, 2.45) is 14.1 Å². The molecule has 8 nitrogen and oxygen atoms in total. The lowest BCUT2D eigenvalue weighted by molar-refractivity contribution is 0.102. The van der Waals surface area contributed by atoms with Crippen molar-refractivity contribution in [2.75, 3.05) is 12.9 Å². The first-order valence-corrected chi connectivity index (χ1v) is 9.33. The predicted octanol–water partition coefficient (Wildman–Crippen LogP) is 1.44. The summed E-state index contributed by atoms with van der Waals surface area (Å²) in [4.78, 5) is 41.7. The molecular formula is C18H20N4O4S. The SMILES string of the molecule is CCn1c(=O)c2c(nc(SCC(=O)c3ccc(OC)cc3)n2C)n(C)c1=O. The van der Waals surface area contributed by atoms with Gasteiger partial charge in [0.15, 0.2) is 22.1 Å². The largest absolute Gasteiger partial charge is 0.497 e. The van der Waals surface area contributed by atoms with Crippen LogP contribution >= 0.6 is 11.8 Å². The van der Waals surface area contributed by atoms with E-state index in [2.05, 4.69) is 4.98 Å². The molecule has 0 aliphatic carbocycles. The van der Waals surface area contributed by atoms with Gasteiger partial charge >= 0.3 is 5.69 Å². The number of carbonyl (C=O) groups excluding carboxylic acids is 1. The molecule has 2 heterocycles. The van der Waals surface area contributed by atoms with Crippen LogP contribution in [0.2, 0.25) is 0 Å². The number of Topliss-reactive ketones (excluding diaryl/α,β-unsaturated/α-hetero) is 1. The van der Waals surface area contributed by atoms with E-state index in [4.69, 9.17) is 4.74 Å². The van der Waals surface area contributed by atoms with Crippen LogP contribution in [0.5, 0.6) is 5.75 Å². The van der Waals surface area contributed by atoms with Gasteiger partial charge in [-0.2, -0.15) is 0 Å². The maximum atomic E-state index is 12.6. The average Bonchev–Trinajstić information content (AvgIpc) is 3.01. The molecule has 0 unspecified atom stereocenters. The number of ether oxygens (including phenoxy) is 1. The number of imidazole rings is 1. The highest BCUT2D eigenvalue weighted by Crippen LogP contribution is 2.22. The molecule has 0 saturated carbocycles. The van der Waals surface area contributed by atoms with Crippen LogP contribution in [0.15, 0.2) is 39.0 Å². The van der Waals surface area contributed by atoms with E-state index in [0.717, 1.165) is 0 Å². The van der Waals surface area contributed by atoms with Crippen molar-refractivity contribution >= 4 is 28.7 Å². The van der Waals surface area contributed by atoms with Crippen molar-refractivity contribution in [3.63, 3.8) is 0 Å². The van der Waals surface area contributed by atoms with Gasteiger partial charge in [-0.3, -0.25) is 18.7 Å². The Morgan fingerprint density at radius 3 is 2.41 bits per heavy atom. The van der Waals surface area contributed by atoms with Gasteiger partial charge in [-0.25, -0.2) is 9.78 Å². The fourth-order valence-electron chi connectivity index (χ4n) is 2.82. The Bertz CT molecular complexity index is 1130. The summed E-state index contributed by atoms with van der Waals surface area (Å²) < 4.78 is 9.25. The number of methoxy groups -OCH3 is 1. The number of rotatable bonds is 6. The van der Waals surface area contributed by atoms with E-state index in [1.807, 2.05) is 0 Å². The molecule has 9 heteroatoms. The van der Waals surface area contributed by atoms with E-state index < -0.39 is 5.69 Å². The Labute approximate surface area is 159 Å². The number of hydrogen-bond donors (Lipinski definition) is 0. The van der Waals surface area contributed by atoms with Gasteiger partial charge in [0.05, 0.1) is 12.9 Å². The summed E-state index contributed by atoms with van der Waals surface area (Å²) in [7, 11) is 4.86. The van der Waals surface area contributed by atoms with Gasteiger partial charge in [-0.15, -0.1) is 0 Å². The molecule has 3 aromatic rings. The molecule has 3 rings (SSSR count). The minimum Gasteiger partial charge on any atom is -0.497 e. The molecule has 0 atom stereocenters. The number of aromatic nitrogens is 4. The van der Waals surface area contributed by atoms with E-state index >= 15 is 0 Å². The smallest absolute Gasteiger partial charge is 0.332 e. The van der Waals surface area contributed by atoms with E-state index in [-0.39, 0.29) is 23.6 Å². The number of thioether (sulfide) groups is 1. The highest BCUT2D eigenvalue weighted by Gasteiger charge is 2.19. The number of hydrogen-bond acceptors (Lipinski definition) is 6. The fraction of sp³-hybridized carbons (Fsp3) is 0.333. The van der Waals surface area contributed by atoms with Gasteiger partial charge in [0.1, 0.15) is 5.75 Å². The standard InChI is InChI=1S/C18H20N4O4S/c1-5-22-16(24)14-15(21(3)18(22)25)19-17(20(14)2)27-10-13(23)11-6-8-12(26-4)9-7-11/h6-9H,5,10H2,1-4H3. The maximum Gasteiger partial charge on any atom is 0.332 e. The van der Waals surface area contributed by atoms with E-state index in [1.54, 1.807) is 57.0 Å². The number of aryl methyl sites for hydroxylation is 2. The normalized spacial score (nSPS) is 11.1. The lowest BCUT2D eigenvalue weighted by Gasteiger charge is -2.06. The van der Waals surface area contributed by atoms with E-state index in [1.165, 1.54) is 20.9 Å². The zero-order valence-corrected chi connectivity index (χ0v) is 16.4. The minimum atomic E-state index is -0.404. The molecular weight excluding hydrogens is 368 g/mol. The van der Waals surface area contributed by atoms with Crippen molar-refractivity contribution in [3.8, 4) is 5.75 Å². The van der Waals surface area contributed by atoms with Crippen molar-refractivity contribution < 1.29 is 9.53 Å². The molecule has 0 aliphatic heterocycles. The summed E-state index contributed by atoms with van der Waals surface area (Å²) >= 11 is 1.23.